The van der Waals surface area contributed by atoms with E-state index in [-0.39, 0.29) is 35.3 Å². The van der Waals surface area contributed by atoms with Crippen LogP contribution < -0.4 is 5.32 Å². The Morgan fingerprint density at radius 3 is 2.56 bits per heavy atom. The molecule has 2 aliphatic heterocycles. The van der Waals surface area contributed by atoms with Crippen LogP contribution in [0.15, 0.2) is 29.2 Å². The van der Waals surface area contributed by atoms with Crippen LogP contribution >= 0.6 is 0 Å². The number of carbonyl (C=O) groups excluding carboxylic acids is 1. The zero-order chi connectivity index (χ0) is 20.1. The highest BCUT2D eigenvalue weighted by Crippen LogP contribution is 2.40. The first kappa shape index (κ1) is 20.1. The molecule has 27 heavy (non-hydrogen) atoms. The predicted octanol–water partition coefficient (Wildman–Crippen LogP) is 1.53. The Labute approximate surface area is 156 Å². The smallest absolute Gasteiger partial charge is 0.359 e. The summed E-state index contributed by atoms with van der Waals surface area (Å²) in [5.41, 5.74) is -1.00. The molecule has 4 atom stereocenters. The maximum Gasteiger partial charge on any atom is 0.416 e. The number of hydrogen-bond donors (Lipinski definition) is 1. The fourth-order valence-electron chi connectivity index (χ4n) is 4.28. The Bertz CT molecular complexity index is 843. The average molecular weight is 405 g/mol. The molecule has 3 rings (SSSR count). The number of halogens is 3. The second-order valence-electron chi connectivity index (χ2n) is 7.11. The van der Waals surface area contributed by atoms with Gasteiger partial charge in [0.25, 0.3) is 0 Å². The maximum atomic E-state index is 13.1. The molecule has 2 bridgehead atoms. The number of carbonyl (C=O) groups is 1. The van der Waals surface area contributed by atoms with Crippen molar-refractivity contribution in [1.29, 1.82) is 0 Å². The summed E-state index contributed by atoms with van der Waals surface area (Å²) < 4.78 is 66.4. The van der Waals surface area contributed by atoms with Crippen molar-refractivity contribution in [3.05, 3.63) is 29.8 Å². The number of alkyl halides is 3. The molecule has 1 N–H and O–H groups in total. The van der Waals surface area contributed by atoms with Gasteiger partial charge in [-0.25, -0.2) is 8.42 Å². The van der Waals surface area contributed by atoms with Crippen LogP contribution in [-0.4, -0.2) is 62.3 Å². The number of nitrogens with zero attached hydrogens (tertiary/aromatic N) is 2. The highest BCUT2D eigenvalue weighted by atomic mass is 32.2. The van der Waals surface area contributed by atoms with Crippen molar-refractivity contribution in [3.8, 4) is 0 Å². The third kappa shape index (κ3) is 3.34. The van der Waals surface area contributed by atoms with Crippen LogP contribution in [0.2, 0.25) is 0 Å². The molecule has 1 aromatic carbocycles. The van der Waals surface area contributed by atoms with Crippen molar-refractivity contribution >= 4 is 15.9 Å². The number of hydrogen-bond acceptors (Lipinski definition) is 4. The Morgan fingerprint density at radius 1 is 1.30 bits per heavy atom. The van der Waals surface area contributed by atoms with E-state index in [2.05, 4.69) is 5.32 Å². The Morgan fingerprint density at radius 2 is 1.96 bits per heavy atom. The van der Waals surface area contributed by atoms with Crippen molar-refractivity contribution < 1.29 is 26.4 Å². The molecular weight excluding hydrogens is 383 g/mol. The molecule has 2 saturated heterocycles. The van der Waals surface area contributed by atoms with E-state index in [1.165, 1.54) is 17.4 Å². The first-order valence-electron chi connectivity index (χ1n) is 8.61. The van der Waals surface area contributed by atoms with Crippen LogP contribution in [0.4, 0.5) is 13.2 Å². The zero-order valence-corrected chi connectivity index (χ0v) is 16.0. The van der Waals surface area contributed by atoms with E-state index < -0.39 is 27.8 Å². The summed E-state index contributed by atoms with van der Waals surface area (Å²) in [4.78, 5) is 13.8. The Hall–Kier alpha value is -1.65. The van der Waals surface area contributed by atoms with Gasteiger partial charge in [0.15, 0.2) is 0 Å². The monoisotopic (exact) mass is 405 g/mol. The van der Waals surface area contributed by atoms with E-state index in [4.69, 9.17) is 0 Å². The van der Waals surface area contributed by atoms with E-state index in [9.17, 15) is 26.4 Å². The zero-order valence-electron chi connectivity index (χ0n) is 15.2. The van der Waals surface area contributed by atoms with Crippen molar-refractivity contribution in [2.24, 2.45) is 5.92 Å². The highest BCUT2D eigenvalue weighted by molar-refractivity contribution is 7.89. The molecule has 1 aromatic rings. The Balaban J connectivity index is 1.96. The molecule has 0 radical (unpaired) electrons. The highest BCUT2D eigenvalue weighted by Gasteiger charge is 2.53. The van der Waals surface area contributed by atoms with Crippen LogP contribution in [0.1, 0.15) is 18.9 Å². The number of piperazine rings is 1. The van der Waals surface area contributed by atoms with E-state index in [1.807, 2.05) is 11.9 Å². The van der Waals surface area contributed by atoms with Crippen LogP contribution in [-0.2, 0) is 21.0 Å². The van der Waals surface area contributed by atoms with Gasteiger partial charge < -0.3 is 5.32 Å². The summed E-state index contributed by atoms with van der Waals surface area (Å²) in [7, 11) is -0.740. The van der Waals surface area contributed by atoms with E-state index >= 15 is 0 Å². The number of nitrogens with one attached hydrogen (secondary N) is 1. The molecule has 6 nitrogen and oxygen atoms in total. The van der Waals surface area contributed by atoms with E-state index in [0.717, 1.165) is 12.1 Å². The first-order chi connectivity index (χ1) is 12.5. The van der Waals surface area contributed by atoms with Gasteiger partial charge in [-0.05, 0) is 38.6 Å². The normalized spacial score (nSPS) is 29.7. The van der Waals surface area contributed by atoms with E-state index in [0.29, 0.717) is 12.5 Å². The number of likely N-dealkylation sites (N-methyl/N-ethyl adjacent to an activating group) is 1. The van der Waals surface area contributed by atoms with Crippen LogP contribution in [0, 0.1) is 5.92 Å². The molecule has 2 fully saturated rings. The molecule has 1 amide bonds. The second-order valence-corrected chi connectivity index (χ2v) is 9.00. The lowest BCUT2D eigenvalue weighted by atomic mass is 9.94. The number of sulfonamides is 1. The van der Waals surface area contributed by atoms with Gasteiger partial charge in [0.05, 0.1) is 16.4 Å². The number of rotatable bonds is 3. The summed E-state index contributed by atoms with van der Waals surface area (Å²) >= 11 is 0. The molecule has 0 spiro atoms. The van der Waals surface area contributed by atoms with Crippen LogP contribution in [0.5, 0.6) is 0 Å². The number of benzene rings is 1. The van der Waals surface area contributed by atoms with Gasteiger partial charge in [-0.3, -0.25) is 9.69 Å². The lowest BCUT2D eigenvalue weighted by Gasteiger charge is -2.43. The first-order valence-corrected chi connectivity index (χ1v) is 10.0. The minimum Gasteiger partial charge on any atom is -0.359 e. The minimum atomic E-state index is -4.62. The summed E-state index contributed by atoms with van der Waals surface area (Å²) in [5.74, 6) is -0.513. The van der Waals surface area contributed by atoms with Gasteiger partial charge in [-0.2, -0.15) is 17.5 Å². The van der Waals surface area contributed by atoms with Crippen molar-refractivity contribution in [3.63, 3.8) is 0 Å². The molecule has 0 aromatic heterocycles. The summed E-state index contributed by atoms with van der Waals surface area (Å²) in [6.45, 7) is 1.84. The molecule has 0 aliphatic carbocycles. The number of amides is 1. The molecule has 0 saturated carbocycles. The molecular formula is C17H22F3N3O3S. The largest absolute Gasteiger partial charge is 0.416 e. The van der Waals surface area contributed by atoms with E-state index in [1.54, 1.807) is 6.92 Å². The average Bonchev–Trinajstić information content (AvgIpc) is 2.83. The molecule has 1 unspecified atom stereocenters. The summed E-state index contributed by atoms with van der Waals surface area (Å²) in [6, 6.07) is 2.75. The molecule has 10 heteroatoms. The fourth-order valence-corrected chi connectivity index (χ4v) is 6.01. The third-order valence-electron chi connectivity index (χ3n) is 5.67. The Kier molecular flexibility index (Phi) is 5.02. The van der Waals surface area contributed by atoms with Crippen LogP contribution in [0.25, 0.3) is 0 Å². The number of fused-ring (bicyclic) bond motifs is 2. The third-order valence-corrected chi connectivity index (χ3v) is 7.62. The molecule has 150 valence electrons. The molecule has 2 heterocycles. The SMILES string of the molecule is CNC(=O)[C@H]1C[C@@H]2CN(S(=O)(=O)c3cccc(C(F)(F)F)c3)C(C)[C@H]1N2C. The van der Waals surface area contributed by atoms with Gasteiger partial charge in [0.2, 0.25) is 15.9 Å². The fraction of sp³-hybridized carbons (Fsp3) is 0.588. The second kappa shape index (κ2) is 6.75. The molecule has 2 aliphatic rings. The van der Waals surface area contributed by atoms with Gasteiger partial charge in [0, 0.05) is 31.7 Å². The van der Waals surface area contributed by atoms with Crippen LogP contribution in [0.3, 0.4) is 0 Å². The summed E-state index contributed by atoms with van der Waals surface area (Å²) in [6.07, 6.45) is -4.11. The lowest BCUT2D eigenvalue weighted by molar-refractivity contribution is -0.137. The van der Waals surface area contributed by atoms with Gasteiger partial charge >= 0.3 is 6.18 Å². The quantitative estimate of drug-likeness (QED) is 0.828. The topological polar surface area (TPSA) is 69.7 Å². The lowest BCUT2D eigenvalue weighted by Crippen LogP contribution is -2.60. The van der Waals surface area contributed by atoms with Gasteiger partial charge in [0.1, 0.15) is 0 Å². The standard InChI is InChI=1S/C17H22F3N3O3S/c1-10-15-14(16(24)21-2)8-12(22(15)3)9-23(10)27(25,26)13-6-4-5-11(7-13)17(18,19)20/h4-7,10,12,14-15H,8-9H2,1-3H3,(H,21,24)/t10?,12-,14+,15-/m1/s1. The van der Waals surface area contributed by atoms with Crippen molar-refractivity contribution in [2.45, 2.75) is 42.5 Å². The van der Waals surface area contributed by atoms with Gasteiger partial charge in [-0.15, -0.1) is 0 Å². The summed E-state index contributed by atoms with van der Waals surface area (Å²) in [5, 5.41) is 2.61. The van der Waals surface area contributed by atoms with Crippen molar-refractivity contribution in [2.75, 3.05) is 20.6 Å². The van der Waals surface area contributed by atoms with Crippen molar-refractivity contribution in [1.82, 2.24) is 14.5 Å². The predicted molar refractivity (Wildman–Crippen MR) is 92.3 cm³/mol. The van der Waals surface area contributed by atoms with Gasteiger partial charge in [-0.1, -0.05) is 6.07 Å². The minimum absolute atomic E-state index is 0.139. The maximum absolute atomic E-state index is 13.1.